The number of hydrogen-bond donors (Lipinski definition) is 1. The van der Waals surface area contributed by atoms with Crippen molar-refractivity contribution in [3.05, 3.63) is 71.8 Å². The molecule has 0 unspecified atom stereocenters. The summed E-state index contributed by atoms with van der Waals surface area (Å²) >= 11 is 6.03. The predicted octanol–water partition coefficient (Wildman–Crippen LogP) is 5.51. The van der Waals surface area contributed by atoms with E-state index in [1.54, 1.807) is 35.5 Å². The van der Waals surface area contributed by atoms with E-state index in [1.807, 2.05) is 12.1 Å². The third-order valence-electron chi connectivity index (χ3n) is 6.83. The lowest BCUT2D eigenvalue weighted by Gasteiger charge is -2.43. The molecule has 2 aliphatic heterocycles. The summed E-state index contributed by atoms with van der Waals surface area (Å²) in [5, 5.41) is 12.6. The first-order valence-corrected chi connectivity index (χ1v) is 12.6. The van der Waals surface area contributed by atoms with E-state index in [1.165, 1.54) is 31.0 Å². The summed E-state index contributed by atoms with van der Waals surface area (Å²) in [7, 11) is 0. The predicted molar refractivity (Wildman–Crippen MR) is 140 cm³/mol. The number of halogens is 2. The molecule has 6 rings (SSSR count). The highest BCUT2D eigenvalue weighted by Crippen LogP contribution is 2.31. The minimum Gasteiger partial charge on any atom is -0.410 e. The summed E-state index contributed by atoms with van der Waals surface area (Å²) in [5.74, 6) is 0.00754. The number of ether oxygens (including phenoxy) is 1. The van der Waals surface area contributed by atoms with Gasteiger partial charge in [-0.1, -0.05) is 11.6 Å². The van der Waals surface area contributed by atoms with Gasteiger partial charge in [-0.15, -0.1) is 0 Å². The number of fused-ring (bicyclic) bond motifs is 1. The maximum atomic E-state index is 14.3. The summed E-state index contributed by atoms with van der Waals surface area (Å²) in [5.41, 5.74) is 2.68. The van der Waals surface area contributed by atoms with Crippen LogP contribution in [0.2, 0.25) is 5.02 Å². The van der Waals surface area contributed by atoms with Gasteiger partial charge in [-0.05, 0) is 68.4 Å². The van der Waals surface area contributed by atoms with Gasteiger partial charge in [-0.25, -0.2) is 9.18 Å². The van der Waals surface area contributed by atoms with Crippen LogP contribution in [0.25, 0.3) is 22.2 Å². The van der Waals surface area contributed by atoms with Gasteiger partial charge >= 0.3 is 6.09 Å². The third-order valence-corrected chi connectivity index (χ3v) is 7.07. The smallest absolute Gasteiger partial charge is 0.410 e. The molecule has 0 saturated carbocycles. The molecule has 0 bridgehead atoms. The molecule has 2 aromatic heterocycles. The Balaban J connectivity index is 1.16. The van der Waals surface area contributed by atoms with Gasteiger partial charge in [0, 0.05) is 53.1 Å². The maximum absolute atomic E-state index is 14.3. The zero-order valence-electron chi connectivity index (χ0n) is 19.9. The normalized spacial score (nSPS) is 16.1. The zero-order valence-corrected chi connectivity index (χ0v) is 20.7. The number of aromatic nitrogens is 3. The Labute approximate surface area is 218 Å². The quantitative estimate of drug-likeness (QED) is 0.373. The number of nitrogens with one attached hydrogen (secondary N) is 1. The van der Waals surface area contributed by atoms with Crippen molar-refractivity contribution in [3.8, 4) is 17.0 Å². The van der Waals surface area contributed by atoms with Crippen molar-refractivity contribution in [3.63, 3.8) is 0 Å². The number of rotatable bonds is 5. The fraction of sp³-hybridized carbons (Fsp3) is 0.259. The Bertz CT molecular complexity index is 1470. The fourth-order valence-electron chi connectivity index (χ4n) is 4.82. The monoisotopic (exact) mass is 518 g/mol. The molecule has 8 nitrogen and oxygen atoms in total. The van der Waals surface area contributed by atoms with Crippen molar-refractivity contribution in [2.24, 2.45) is 0 Å². The molecule has 188 valence electrons. The number of amides is 1. The zero-order chi connectivity index (χ0) is 25.4. The molecule has 0 aliphatic carbocycles. The second-order valence-electron chi connectivity index (χ2n) is 9.29. The standard InChI is InChI=1S/C27H24ClFN6O2/c28-17-3-6-23(29)22(11-17)26-12-18(14-31-33-26)32-24-7-8-30-25-13-20(4-5-21(24)25)37-27(36)35-15-19(16-35)34-9-1-2-10-34/h3-8,11-14,19H,1-2,9-10,15-16H2,(H,30,32,33). The first kappa shape index (κ1) is 23.6. The Hall–Kier alpha value is -3.82. The van der Waals surface area contributed by atoms with Crippen LogP contribution < -0.4 is 10.1 Å². The minimum atomic E-state index is -0.433. The molecular formula is C27H24ClFN6O2. The summed E-state index contributed by atoms with van der Waals surface area (Å²) in [4.78, 5) is 21.2. The number of hydrogen-bond acceptors (Lipinski definition) is 7. The van der Waals surface area contributed by atoms with E-state index in [0.717, 1.165) is 24.2 Å². The molecule has 37 heavy (non-hydrogen) atoms. The molecule has 4 aromatic rings. The van der Waals surface area contributed by atoms with Crippen molar-refractivity contribution in [1.29, 1.82) is 0 Å². The molecule has 2 fully saturated rings. The van der Waals surface area contributed by atoms with Crippen molar-refractivity contribution >= 4 is 40.0 Å². The average Bonchev–Trinajstić information content (AvgIpc) is 3.39. The molecule has 1 amide bonds. The molecule has 2 aromatic carbocycles. The topological polar surface area (TPSA) is 83.5 Å². The molecule has 1 N–H and O–H groups in total. The van der Waals surface area contributed by atoms with Crippen LogP contribution in [0.4, 0.5) is 20.6 Å². The second kappa shape index (κ2) is 9.91. The van der Waals surface area contributed by atoms with Gasteiger partial charge in [0.05, 0.1) is 23.1 Å². The Morgan fingerprint density at radius 2 is 1.92 bits per heavy atom. The number of likely N-dealkylation sites (tertiary alicyclic amines) is 2. The van der Waals surface area contributed by atoms with Gasteiger partial charge in [-0.3, -0.25) is 9.88 Å². The van der Waals surface area contributed by atoms with Crippen LogP contribution in [0, 0.1) is 5.82 Å². The number of nitrogens with zero attached hydrogens (tertiary/aromatic N) is 5. The lowest BCUT2D eigenvalue weighted by Crippen LogP contribution is -2.61. The van der Waals surface area contributed by atoms with E-state index in [-0.39, 0.29) is 11.7 Å². The summed E-state index contributed by atoms with van der Waals surface area (Å²) in [6.45, 7) is 3.66. The van der Waals surface area contributed by atoms with Gasteiger partial charge in [0.2, 0.25) is 0 Å². The number of pyridine rings is 1. The summed E-state index contributed by atoms with van der Waals surface area (Å²) in [6.07, 6.45) is 5.35. The van der Waals surface area contributed by atoms with Crippen LogP contribution >= 0.6 is 11.6 Å². The largest absolute Gasteiger partial charge is 0.415 e. The summed E-state index contributed by atoms with van der Waals surface area (Å²) < 4.78 is 19.9. The van der Waals surface area contributed by atoms with Crippen LogP contribution in [-0.2, 0) is 0 Å². The van der Waals surface area contributed by atoms with Gasteiger partial charge in [0.15, 0.2) is 0 Å². The molecule has 2 saturated heterocycles. The lowest BCUT2D eigenvalue weighted by atomic mass is 10.1. The fourth-order valence-corrected chi connectivity index (χ4v) is 5.00. The number of carbonyl (C=O) groups is 1. The Morgan fingerprint density at radius 1 is 1.08 bits per heavy atom. The van der Waals surface area contributed by atoms with Crippen molar-refractivity contribution in [2.45, 2.75) is 18.9 Å². The first-order chi connectivity index (χ1) is 18.0. The maximum Gasteiger partial charge on any atom is 0.415 e. The number of benzene rings is 2. The molecule has 0 radical (unpaired) electrons. The SMILES string of the molecule is O=C(Oc1ccc2c(Nc3cnnc(-c4cc(Cl)ccc4F)c3)ccnc2c1)N1CC(N2CCCC2)C1. The second-order valence-corrected chi connectivity index (χ2v) is 9.72. The van der Waals surface area contributed by atoms with E-state index in [0.29, 0.717) is 46.8 Å². The molecule has 4 heterocycles. The van der Waals surface area contributed by atoms with E-state index in [9.17, 15) is 9.18 Å². The van der Waals surface area contributed by atoms with Crippen LogP contribution in [0.1, 0.15) is 12.8 Å². The molecular weight excluding hydrogens is 495 g/mol. The van der Waals surface area contributed by atoms with Gasteiger partial charge in [-0.2, -0.15) is 10.2 Å². The van der Waals surface area contributed by atoms with E-state index < -0.39 is 5.82 Å². The van der Waals surface area contributed by atoms with Crippen LogP contribution in [0.5, 0.6) is 5.75 Å². The number of carbonyl (C=O) groups excluding carboxylic acids is 1. The molecule has 10 heteroatoms. The van der Waals surface area contributed by atoms with Crippen LogP contribution in [-0.4, -0.2) is 63.3 Å². The molecule has 0 atom stereocenters. The van der Waals surface area contributed by atoms with Gasteiger partial charge < -0.3 is 15.0 Å². The molecule has 0 spiro atoms. The highest BCUT2D eigenvalue weighted by molar-refractivity contribution is 6.30. The van der Waals surface area contributed by atoms with Gasteiger partial charge in [0.1, 0.15) is 11.6 Å². The number of anilines is 2. The van der Waals surface area contributed by atoms with E-state index >= 15 is 0 Å². The van der Waals surface area contributed by atoms with Crippen molar-refractivity contribution < 1.29 is 13.9 Å². The Kier molecular flexibility index (Phi) is 6.31. The average molecular weight is 519 g/mol. The lowest BCUT2D eigenvalue weighted by molar-refractivity contribution is 0.0518. The summed E-state index contributed by atoms with van der Waals surface area (Å²) in [6, 6.07) is 13.6. The highest BCUT2D eigenvalue weighted by atomic mass is 35.5. The van der Waals surface area contributed by atoms with Gasteiger partial charge in [0.25, 0.3) is 0 Å². The van der Waals surface area contributed by atoms with E-state index in [4.69, 9.17) is 16.3 Å². The van der Waals surface area contributed by atoms with Crippen LogP contribution in [0.15, 0.2) is 60.9 Å². The molecule has 2 aliphatic rings. The Morgan fingerprint density at radius 3 is 2.76 bits per heavy atom. The highest BCUT2D eigenvalue weighted by Gasteiger charge is 2.36. The third kappa shape index (κ3) is 4.92. The van der Waals surface area contributed by atoms with E-state index in [2.05, 4.69) is 25.4 Å². The van der Waals surface area contributed by atoms with Crippen molar-refractivity contribution in [2.75, 3.05) is 31.5 Å². The van der Waals surface area contributed by atoms with Crippen molar-refractivity contribution in [1.82, 2.24) is 25.0 Å². The minimum absolute atomic E-state index is 0.267. The van der Waals surface area contributed by atoms with Crippen LogP contribution in [0.3, 0.4) is 0 Å². The first-order valence-electron chi connectivity index (χ1n) is 12.2.